The van der Waals surface area contributed by atoms with Crippen molar-refractivity contribution >= 4 is 56.0 Å². The predicted octanol–water partition coefficient (Wildman–Crippen LogP) is 4.63. The molecular formula is C10H30OSn3. The Hall–Kier alpha value is 2.36. The van der Waals surface area contributed by atoms with Crippen molar-refractivity contribution < 1.29 is 1.41 Å². The monoisotopic (exact) mass is 526 g/mol. The molecule has 0 spiro atoms. The van der Waals surface area contributed by atoms with E-state index < -0.39 is 56.0 Å². The molecule has 4 heteroatoms. The number of hydrogen-bond acceptors (Lipinski definition) is 1. The molecule has 0 bridgehead atoms. The number of rotatable bonds is 2. The summed E-state index contributed by atoms with van der Waals surface area (Å²) < 4.78 is 6.04. The Morgan fingerprint density at radius 1 is 0.500 bits per heavy atom. The van der Waals surface area contributed by atoms with E-state index in [0.717, 1.165) is 0 Å². The van der Waals surface area contributed by atoms with Crippen molar-refractivity contribution in [3.8, 4) is 0 Å². The summed E-state index contributed by atoms with van der Waals surface area (Å²) >= 11 is -4.89. The summed E-state index contributed by atoms with van der Waals surface area (Å²) in [5.74, 6) is 0. The van der Waals surface area contributed by atoms with Crippen molar-refractivity contribution in [2.24, 2.45) is 0 Å². The van der Waals surface area contributed by atoms with Gasteiger partial charge in [0.25, 0.3) is 0 Å². The molecule has 0 unspecified atom stereocenters. The minimum absolute atomic E-state index is 1.18. The third-order valence-electron chi connectivity index (χ3n) is 0.612. The second-order valence-electron chi connectivity index (χ2n) is 7.33. The molecule has 0 aromatic rings. The van der Waals surface area contributed by atoms with Gasteiger partial charge >= 0.3 is 107 Å². The van der Waals surface area contributed by atoms with Gasteiger partial charge in [-0.05, 0) is 0 Å². The molecule has 0 saturated heterocycles. The van der Waals surface area contributed by atoms with Crippen molar-refractivity contribution in [3.05, 3.63) is 0 Å². The van der Waals surface area contributed by atoms with Gasteiger partial charge in [0.15, 0.2) is 0 Å². The summed E-state index contributed by atoms with van der Waals surface area (Å²) in [6.07, 6.45) is 0. The molecule has 0 aliphatic rings. The molecule has 0 rings (SSSR count). The fraction of sp³-hybridized carbons (Fsp3) is 1.00. The SMILES string of the molecule is [CH3][Sn]([CH3])([CH3])[CH3].[CH3][Sn]([CH3])([CH3])[O][Sn]([CH3])([CH3])[CH3]. The molecule has 0 atom stereocenters. The minimum atomic E-state index is -1.85. The standard InChI is InChI=1S/10CH3.O.3Sn/h10*1H3;;;;. The van der Waals surface area contributed by atoms with Gasteiger partial charge in [-0.3, -0.25) is 0 Å². The van der Waals surface area contributed by atoms with Crippen LogP contribution in [0.25, 0.3) is 0 Å². The van der Waals surface area contributed by atoms with E-state index in [2.05, 4.69) is 49.4 Å². The van der Waals surface area contributed by atoms with Gasteiger partial charge in [-0.25, -0.2) is 0 Å². The van der Waals surface area contributed by atoms with E-state index in [-0.39, 0.29) is 0 Å². The predicted molar refractivity (Wildman–Crippen MR) is 77.0 cm³/mol. The third kappa shape index (κ3) is 36.7. The fourth-order valence-electron chi connectivity index (χ4n) is 0.919. The van der Waals surface area contributed by atoms with Crippen molar-refractivity contribution in [2.75, 3.05) is 0 Å². The summed E-state index contributed by atoms with van der Waals surface area (Å²) in [7, 11) is 0. The van der Waals surface area contributed by atoms with Crippen molar-refractivity contribution in [1.82, 2.24) is 0 Å². The first-order valence-corrected chi connectivity index (χ1v) is 36.3. The molecule has 0 fully saturated rings. The maximum absolute atomic E-state index is 6.04. The molecule has 0 aliphatic carbocycles. The molecule has 0 aliphatic heterocycles. The topological polar surface area (TPSA) is 9.23 Å². The van der Waals surface area contributed by atoms with Gasteiger partial charge in [0, 0.05) is 0 Å². The van der Waals surface area contributed by atoms with Crippen LogP contribution in [-0.2, 0) is 1.41 Å². The molecule has 0 aromatic heterocycles. The first-order valence-electron chi connectivity index (χ1n) is 5.41. The van der Waals surface area contributed by atoms with E-state index in [4.69, 9.17) is 1.41 Å². The Morgan fingerprint density at radius 3 is 0.643 bits per heavy atom. The van der Waals surface area contributed by atoms with Gasteiger partial charge in [-0.2, -0.15) is 0 Å². The Balaban J connectivity index is 0. The molecule has 0 aromatic carbocycles. The zero-order valence-electron chi connectivity index (χ0n) is 11.9. The van der Waals surface area contributed by atoms with Crippen LogP contribution in [0.3, 0.4) is 0 Å². The molecule has 0 amide bonds. The number of hydrogen-bond donors (Lipinski definition) is 0. The first-order chi connectivity index (χ1) is 5.71. The van der Waals surface area contributed by atoms with Crippen LogP contribution in [0.5, 0.6) is 0 Å². The molecule has 88 valence electrons. The van der Waals surface area contributed by atoms with E-state index in [1.807, 2.05) is 0 Å². The van der Waals surface area contributed by atoms with Crippen LogP contribution in [0.15, 0.2) is 0 Å². The Bertz CT molecular complexity index is 130. The van der Waals surface area contributed by atoms with Gasteiger partial charge < -0.3 is 0 Å². The Kier molecular flexibility index (Phi) is 9.28. The van der Waals surface area contributed by atoms with Crippen LogP contribution in [0.2, 0.25) is 49.4 Å². The molecule has 0 N–H and O–H groups in total. The van der Waals surface area contributed by atoms with Crippen LogP contribution in [-0.4, -0.2) is 56.0 Å². The third-order valence-corrected chi connectivity index (χ3v) is 27.6. The zero-order chi connectivity index (χ0) is 12.2. The maximum atomic E-state index is 6.04. The van der Waals surface area contributed by atoms with Crippen molar-refractivity contribution in [1.29, 1.82) is 0 Å². The molecule has 14 heavy (non-hydrogen) atoms. The molecule has 0 heterocycles. The quantitative estimate of drug-likeness (QED) is 0.481. The van der Waals surface area contributed by atoms with Crippen molar-refractivity contribution in [3.63, 3.8) is 0 Å². The summed E-state index contributed by atoms with van der Waals surface area (Å²) in [4.78, 5) is 23.6. The average Bonchev–Trinajstić information content (AvgIpc) is 1.42. The van der Waals surface area contributed by atoms with Crippen molar-refractivity contribution in [2.45, 2.75) is 49.4 Å². The van der Waals surface area contributed by atoms with Gasteiger partial charge in [0.1, 0.15) is 0 Å². The average molecular weight is 522 g/mol. The zero-order valence-corrected chi connectivity index (χ0v) is 20.5. The van der Waals surface area contributed by atoms with Gasteiger partial charge in [0.2, 0.25) is 0 Å². The van der Waals surface area contributed by atoms with Gasteiger partial charge in [0.05, 0.1) is 0 Å². The molecular weight excluding hydrogens is 492 g/mol. The second-order valence-corrected chi connectivity index (χ2v) is 53.1. The van der Waals surface area contributed by atoms with Gasteiger partial charge in [-0.15, -0.1) is 0 Å². The molecule has 0 radical (unpaired) electrons. The summed E-state index contributed by atoms with van der Waals surface area (Å²) in [5.41, 5.74) is 0. The summed E-state index contributed by atoms with van der Waals surface area (Å²) in [6, 6.07) is 0. The van der Waals surface area contributed by atoms with E-state index in [9.17, 15) is 0 Å². The second kappa shape index (κ2) is 6.94. The summed E-state index contributed by atoms with van der Waals surface area (Å²) in [6.45, 7) is 0. The van der Waals surface area contributed by atoms with Gasteiger partial charge in [-0.1, -0.05) is 0 Å². The van der Waals surface area contributed by atoms with Crippen LogP contribution in [0, 0.1) is 0 Å². The Morgan fingerprint density at radius 2 is 0.643 bits per heavy atom. The normalized spacial score (nSPS) is 13.3. The molecule has 1 nitrogen and oxygen atoms in total. The molecule has 0 saturated carbocycles. The van der Waals surface area contributed by atoms with E-state index in [1.165, 1.54) is 0 Å². The van der Waals surface area contributed by atoms with E-state index >= 15 is 0 Å². The van der Waals surface area contributed by atoms with E-state index in [1.54, 1.807) is 0 Å². The summed E-state index contributed by atoms with van der Waals surface area (Å²) in [5, 5.41) is 0. The van der Waals surface area contributed by atoms with Crippen LogP contribution >= 0.6 is 0 Å². The van der Waals surface area contributed by atoms with Crippen LogP contribution in [0.1, 0.15) is 0 Å². The fourth-order valence-corrected chi connectivity index (χ4v) is 41.3. The first kappa shape index (κ1) is 18.7. The van der Waals surface area contributed by atoms with Crippen LogP contribution < -0.4 is 0 Å². The Labute approximate surface area is 105 Å². The van der Waals surface area contributed by atoms with E-state index in [0.29, 0.717) is 0 Å². The van der Waals surface area contributed by atoms with Crippen LogP contribution in [0.4, 0.5) is 0 Å².